The molecule has 5 aliphatic rings. The van der Waals surface area contributed by atoms with Crippen LogP contribution in [0.1, 0.15) is 37.5 Å². The molecule has 0 amide bonds. The van der Waals surface area contributed by atoms with E-state index in [9.17, 15) is 5.11 Å². The Morgan fingerprint density at radius 2 is 0.830 bits per heavy atom. The molecular formula is C34H40O3S16. The number of aromatic hydroxyl groups is 1. The van der Waals surface area contributed by atoms with E-state index < -0.39 is 0 Å². The first kappa shape index (κ1) is 45.5. The van der Waals surface area contributed by atoms with Crippen LogP contribution in [-0.2, 0) is 26.4 Å². The SMILES string of the molecule is CSC1=C(SC)SC(=C2SC3=C(SCc4cc(C(C)(C)C)cc(c4O)CSC4=C(SCCOCCOCCS3)SC(=C3SC(SC)=C(SC)S3)S4)S2)S1. The number of hydrogen-bond donors (Lipinski definition) is 1. The summed E-state index contributed by atoms with van der Waals surface area (Å²) in [6, 6.07) is 4.50. The third-order valence-corrected chi connectivity index (χ3v) is 29.9. The Kier molecular flexibility index (Phi) is 19.0. The van der Waals surface area contributed by atoms with Gasteiger partial charge in [0.15, 0.2) is 0 Å². The van der Waals surface area contributed by atoms with Gasteiger partial charge in [0, 0.05) is 34.1 Å². The fourth-order valence-electron chi connectivity index (χ4n) is 4.69. The van der Waals surface area contributed by atoms with Crippen molar-refractivity contribution in [2.45, 2.75) is 37.7 Å². The largest absolute Gasteiger partial charge is 0.507 e. The molecule has 1 N–H and O–H groups in total. The third kappa shape index (κ3) is 12.3. The molecule has 0 atom stereocenters. The van der Waals surface area contributed by atoms with Crippen LogP contribution in [0.4, 0.5) is 0 Å². The average molecular weight is 1010 g/mol. The summed E-state index contributed by atoms with van der Waals surface area (Å²) in [5.41, 5.74) is 3.28. The standard InChI is InChI=1S/C34H40O3S16/c1-34(2,3)20-14-18-16-44-28-26(50-32(52-28)30-46-22(38-4)23(39-5)47-30)42-12-10-36-8-9-37-11-13-43-27-29(45-17-19(15-20)21(18)35)53-33(51-27)31-48-24(40-6)25(41-7)49-31/h14-15,35H,8-13,16-17H2,1-7H3. The number of ether oxygens (including phenoxy) is 2. The quantitative estimate of drug-likeness (QED) is 0.311. The summed E-state index contributed by atoms with van der Waals surface area (Å²) in [4.78, 5) is 0. The molecule has 290 valence electrons. The Hall–Kier alpha value is 2.98. The molecule has 0 fully saturated rings. The van der Waals surface area contributed by atoms with Crippen LogP contribution < -0.4 is 0 Å². The van der Waals surface area contributed by atoms with Crippen LogP contribution in [0.2, 0.25) is 0 Å². The van der Waals surface area contributed by atoms with Crippen LogP contribution in [-0.4, -0.2) is 68.1 Å². The highest BCUT2D eigenvalue weighted by Gasteiger charge is 2.32. The van der Waals surface area contributed by atoms with Crippen LogP contribution in [0.25, 0.3) is 0 Å². The first-order valence-corrected chi connectivity index (χ1v) is 31.6. The van der Waals surface area contributed by atoms with Crippen molar-refractivity contribution in [1.82, 2.24) is 0 Å². The molecule has 0 aliphatic carbocycles. The van der Waals surface area contributed by atoms with Crippen LogP contribution in [0.5, 0.6) is 5.75 Å². The van der Waals surface area contributed by atoms with E-state index in [1.54, 1.807) is 0 Å². The van der Waals surface area contributed by atoms with Gasteiger partial charge in [-0.05, 0) is 36.0 Å². The van der Waals surface area contributed by atoms with Crippen LogP contribution >= 0.6 is 188 Å². The molecule has 19 heteroatoms. The zero-order valence-corrected chi connectivity index (χ0v) is 43.2. The van der Waals surface area contributed by atoms with Crippen LogP contribution in [0.3, 0.4) is 0 Å². The van der Waals surface area contributed by atoms with E-state index in [0.717, 1.165) is 34.1 Å². The van der Waals surface area contributed by atoms with E-state index in [1.807, 2.05) is 188 Å². The number of phenols is 1. The predicted molar refractivity (Wildman–Crippen MR) is 273 cm³/mol. The Labute approximate surface area is 383 Å². The number of rotatable bonds is 4. The summed E-state index contributed by atoms with van der Waals surface area (Å²) >= 11 is 30.2. The fraction of sp³-hybridized carbons (Fsp3) is 0.471. The molecule has 6 rings (SSSR count). The summed E-state index contributed by atoms with van der Waals surface area (Å²) in [5.74, 6) is 3.69. The van der Waals surface area contributed by atoms with E-state index in [0.29, 0.717) is 32.2 Å². The molecule has 0 saturated carbocycles. The van der Waals surface area contributed by atoms with Crippen molar-refractivity contribution >= 4 is 188 Å². The van der Waals surface area contributed by atoms with Crippen molar-refractivity contribution in [1.29, 1.82) is 0 Å². The van der Waals surface area contributed by atoms with Gasteiger partial charge in [0.1, 0.15) is 5.75 Å². The van der Waals surface area contributed by atoms with Gasteiger partial charge in [-0.2, -0.15) is 0 Å². The molecule has 53 heavy (non-hydrogen) atoms. The molecule has 0 aromatic heterocycles. The van der Waals surface area contributed by atoms with Gasteiger partial charge in [-0.15, -0.1) is 94.1 Å². The second-order valence-corrected chi connectivity index (χ2v) is 30.7. The van der Waals surface area contributed by atoms with Gasteiger partial charge in [-0.25, -0.2) is 0 Å². The molecule has 1 aromatic rings. The molecule has 5 aliphatic heterocycles. The molecule has 0 spiro atoms. The highest BCUT2D eigenvalue weighted by atomic mass is 32.3. The first-order chi connectivity index (χ1) is 25.6. The van der Waals surface area contributed by atoms with Crippen molar-refractivity contribution in [3.8, 4) is 5.75 Å². The topological polar surface area (TPSA) is 38.7 Å². The van der Waals surface area contributed by atoms with Crippen LogP contribution in [0, 0.1) is 0 Å². The average Bonchev–Trinajstić information content (AvgIpc) is 3.94. The first-order valence-electron chi connectivity index (χ1n) is 16.2. The Balaban J connectivity index is 1.26. The van der Waals surface area contributed by atoms with E-state index in [4.69, 9.17) is 9.47 Å². The molecule has 0 unspecified atom stereocenters. The summed E-state index contributed by atoms with van der Waals surface area (Å²) < 4.78 is 28.5. The third-order valence-electron chi connectivity index (χ3n) is 7.37. The fourth-order valence-corrected chi connectivity index (χ4v) is 26.8. The maximum absolute atomic E-state index is 11.9. The second kappa shape index (κ2) is 22.2. The van der Waals surface area contributed by atoms with E-state index in [-0.39, 0.29) is 5.41 Å². The summed E-state index contributed by atoms with van der Waals surface area (Å²) in [5, 5.41) is 11.9. The van der Waals surface area contributed by atoms with Gasteiger partial charge in [0.05, 0.1) is 77.3 Å². The summed E-state index contributed by atoms with van der Waals surface area (Å²) in [6.45, 7) is 9.43. The normalized spacial score (nSPS) is 22.0. The zero-order valence-electron chi connectivity index (χ0n) is 30.1. The molecule has 2 bridgehead atoms. The number of fused-ring (bicyclic) bond motifs is 2. The number of benzene rings is 1. The summed E-state index contributed by atoms with van der Waals surface area (Å²) in [7, 11) is 0. The van der Waals surface area contributed by atoms with Crippen molar-refractivity contribution < 1.29 is 14.6 Å². The summed E-state index contributed by atoms with van der Waals surface area (Å²) in [6.07, 6.45) is 8.70. The minimum absolute atomic E-state index is 0.0354. The van der Waals surface area contributed by atoms with Crippen molar-refractivity contribution in [3.63, 3.8) is 0 Å². The highest BCUT2D eigenvalue weighted by molar-refractivity contribution is 8.46. The molecule has 5 heterocycles. The lowest BCUT2D eigenvalue weighted by Gasteiger charge is -2.22. The maximum Gasteiger partial charge on any atom is 0.123 e. The molecule has 0 saturated heterocycles. The predicted octanol–water partition coefficient (Wildman–Crippen LogP) is 15.8. The van der Waals surface area contributed by atoms with Gasteiger partial charge in [-0.3, -0.25) is 0 Å². The van der Waals surface area contributed by atoms with E-state index in [1.165, 1.54) is 56.4 Å². The van der Waals surface area contributed by atoms with Crippen molar-refractivity contribution in [3.05, 3.63) is 79.7 Å². The number of thioether (sulfide) groups is 16. The van der Waals surface area contributed by atoms with Crippen molar-refractivity contribution in [2.24, 2.45) is 0 Å². The minimum Gasteiger partial charge on any atom is -0.507 e. The molecule has 1 aromatic carbocycles. The lowest BCUT2D eigenvalue weighted by molar-refractivity contribution is 0.0605. The minimum atomic E-state index is -0.0354. The zero-order chi connectivity index (χ0) is 37.5. The second-order valence-electron chi connectivity index (χ2n) is 12.0. The van der Waals surface area contributed by atoms with Gasteiger partial charge >= 0.3 is 0 Å². The van der Waals surface area contributed by atoms with Gasteiger partial charge < -0.3 is 14.6 Å². The smallest absolute Gasteiger partial charge is 0.123 e. The van der Waals surface area contributed by atoms with Gasteiger partial charge in [0.25, 0.3) is 0 Å². The Morgan fingerprint density at radius 1 is 0.491 bits per heavy atom. The monoisotopic (exact) mass is 1010 g/mol. The molecular weight excluding hydrogens is 969 g/mol. The molecule has 3 nitrogen and oxygen atoms in total. The molecule has 0 radical (unpaired) electrons. The van der Waals surface area contributed by atoms with E-state index in [2.05, 4.69) is 57.9 Å². The Bertz CT molecular complexity index is 1590. The van der Waals surface area contributed by atoms with Crippen LogP contribution in [0.15, 0.2) is 63.0 Å². The lowest BCUT2D eigenvalue weighted by atomic mass is 9.85. The maximum atomic E-state index is 11.9. The Morgan fingerprint density at radius 3 is 1.17 bits per heavy atom. The highest BCUT2D eigenvalue weighted by Crippen LogP contribution is 2.67. The lowest BCUT2D eigenvalue weighted by Crippen LogP contribution is -2.12. The van der Waals surface area contributed by atoms with Crippen molar-refractivity contribution in [2.75, 3.05) is 63.0 Å². The van der Waals surface area contributed by atoms with Gasteiger partial charge in [0.2, 0.25) is 0 Å². The number of hydrogen-bond acceptors (Lipinski definition) is 19. The van der Waals surface area contributed by atoms with Gasteiger partial charge in [-0.1, -0.05) is 127 Å². The number of phenolic OH excluding ortho intramolecular Hbond substituents is 1. The van der Waals surface area contributed by atoms with E-state index >= 15 is 0 Å².